The Balaban J connectivity index is 1.72. The van der Waals surface area contributed by atoms with Crippen molar-refractivity contribution in [1.82, 2.24) is 10.2 Å². The number of benzene rings is 2. The van der Waals surface area contributed by atoms with Gasteiger partial charge in [0, 0.05) is 20.0 Å². The summed E-state index contributed by atoms with van der Waals surface area (Å²) < 4.78 is 18.3. The first kappa shape index (κ1) is 20.8. The smallest absolute Gasteiger partial charge is 0.225 e. The molecule has 1 saturated heterocycles. The molecule has 0 bridgehead atoms. The molecule has 0 radical (unpaired) electrons. The summed E-state index contributed by atoms with van der Waals surface area (Å²) in [4.78, 5) is 27.0. The third-order valence-corrected chi connectivity index (χ3v) is 5.68. The van der Waals surface area contributed by atoms with Gasteiger partial charge in [-0.2, -0.15) is 0 Å². The molecule has 154 valence electrons. The lowest BCUT2D eigenvalue weighted by atomic mass is 9.83. The fourth-order valence-corrected chi connectivity index (χ4v) is 3.86. The van der Waals surface area contributed by atoms with Crippen LogP contribution in [0.15, 0.2) is 48.5 Å². The van der Waals surface area contributed by atoms with Crippen LogP contribution in [0, 0.1) is 11.7 Å². The fraction of sp³-hybridized carbons (Fsp3) is 0.391. The van der Waals surface area contributed by atoms with Gasteiger partial charge in [-0.05, 0) is 47.7 Å². The van der Waals surface area contributed by atoms with Gasteiger partial charge in [0.2, 0.25) is 11.8 Å². The maximum absolute atomic E-state index is 13.1. The van der Waals surface area contributed by atoms with Crippen LogP contribution >= 0.6 is 0 Å². The van der Waals surface area contributed by atoms with E-state index < -0.39 is 0 Å². The number of halogens is 1. The summed E-state index contributed by atoms with van der Waals surface area (Å²) in [6.07, 6.45) is 0.866. The summed E-state index contributed by atoms with van der Waals surface area (Å²) in [6.45, 7) is 2.44. The summed E-state index contributed by atoms with van der Waals surface area (Å²) in [7, 11) is 3.35. The molecule has 29 heavy (non-hydrogen) atoms. The minimum Gasteiger partial charge on any atom is -0.497 e. The number of likely N-dealkylation sites (tertiary alicyclic amines) is 1. The molecule has 0 aromatic heterocycles. The van der Waals surface area contributed by atoms with Crippen molar-refractivity contribution < 1.29 is 18.7 Å². The molecular weight excluding hydrogens is 371 g/mol. The number of methoxy groups -OCH3 is 1. The second-order valence-electron chi connectivity index (χ2n) is 7.57. The van der Waals surface area contributed by atoms with E-state index in [1.54, 1.807) is 31.2 Å². The van der Waals surface area contributed by atoms with Gasteiger partial charge in [-0.1, -0.05) is 31.2 Å². The lowest BCUT2D eigenvalue weighted by Gasteiger charge is -2.38. The molecular formula is C23H27FN2O3. The fourth-order valence-electron chi connectivity index (χ4n) is 3.86. The Morgan fingerprint density at radius 1 is 1.21 bits per heavy atom. The molecule has 0 spiro atoms. The maximum atomic E-state index is 13.1. The van der Waals surface area contributed by atoms with Crippen molar-refractivity contribution in [2.45, 2.75) is 31.7 Å². The highest BCUT2D eigenvalue weighted by Crippen LogP contribution is 2.36. The first-order chi connectivity index (χ1) is 13.9. The number of rotatable bonds is 6. The van der Waals surface area contributed by atoms with E-state index in [2.05, 4.69) is 5.32 Å². The molecule has 2 amide bonds. The van der Waals surface area contributed by atoms with E-state index in [-0.39, 0.29) is 35.5 Å². The average Bonchev–Trinajstić information content (AvgIpc) is 2.74. The lowest BCUT2D eigenvalue weighted by molar-refractivity contribution is -0.141. The second-order valence-corrected chi connectivity index (χ2v) is 7.57. The maximum Gasteiger partial charge on any atom is 0.225 e. The molecule has 2 aromatic rings. The highest BCUT2D eigenvalue weighted by molar-refractivity contribution is 5.85. The predicted molar refractivity (Wildman–Crippen MR) is 109 cm³/mol. The molecule has 0 aliphatic carbocycles. The summed E-state index contributed by atoms with van der Waals surface area (Å²) in [5, 5.41) is 3.03. The number of carbonyl (C=O) groups is 2. The summed E-state index contributed by atoms with van der Waals surface area (Å²) in [5.41, 5.74) is 1.88. The normalized spacial score (nSPS) is 20.3. The molecule has 2 aromatic carbocycles. The van der Waals surface area contributed by atoms with Crippen molar-refractivity contribution in [3.63, 3.8) is 0 Å². The number of ether oxygens (including phenoxy) is 1. The van der Waals surface area contributed by atoms with E-state index in [4.69, 9.17) is 4.74 Å². The Bertz CT molecular complexity index is 851. The van der Waals surface area contributed by atoms with Gasteiger partial charge in [-0.15, -0.1) is 0 Å². The number of amides is 2. The van der Waals surface area contributed by atoms with E-state index in [1.807, 2.05) is 31.2 Å². The van der Waals surface area contributed by atoms with Gasteiger partial charge in [0.1, 0.15) is 11.6 Å². The molecule has 1 heterocycles. The highest BCUT2D eigenvalue weighted by atomic mass is 19.1. The van der Waals surface area contributed by atoms with Crippen LogP contribution in [-0.4, -0.2) is 37.4 Å². The van der Waals surface area contributed by atoms with Gasteiger partial charge in [-0.25, -0.2) is 4.39 Å². The molecule has 1 N–H and O–H groups in total. The minimum atomic E-state index is -0.327. The Labute approximate surface area is 170 Å². The second kappa shape index (κ2) is 9.07. The average molecular weight is 398 g/mol. The van der Waals surface area contributed by atoms with Crippen molar-refractivity contribution >= 4 is 11.8 Å². The van der Waals surface area contributed by atoms with Crippen molar-refractivity contribution in [2.75, 3.05) is 20.7 Å². The molecule has 1 aliphatic rings. The molecule has 6 heteroatoms. The zero-order valence-corrected chi connectivity index (χ0v) is 17.0. The van der Waals surface area contributed by atoms with Crippen LogP contribution in [0.2, 0.25) is 0 Å². The van der Waals surface area contributed by atoms with Gasteiger partial charge in [0.25, 0.3) is 0 Å². The number of hydrogen-bond acceptors (Lipinski definition) is 3. The van der Waals surface area contributed by atoms with Gasteiger partial charge < -0.3 is 15.0 Å². The van der Waals surface area contributed by atoms with Crippen molar-refractivity contribution in [3.05, 3.63) is 65.5 Å². The number of carbonyl (C=O) groups excluding carboxylic acids is 2. The summed E-state index contributed by atoms with van der Waals surface area (Å²) in [6, 6.07) is 13.5. The van der Waals surface area contributed by atoms with E-state index >= 15 is 0 Å². The highest BCUT2D eigenvalue weighted by Gasteiger charge is 2.38. The van der Waals surface area contributed by atoms with Crippen LogP contribution in [0.5, 0.6) is 5.75 Å². The van der Waals surface area contributed by atoms with Gasteiger partial charge in [0.15, 0.2) is 0 Å². The van der Waals surface area contributed by atoms with Crippen LogP contribution in [0.25, 0.3) is 0 Å². The molecule has 1 fully saturated rings. The van der Waals surface area contributed by atoms with E-state index in [0.717, 1.165) is 16.9 Å². The minimum absolute atomic E-state index is 0.0366. The number of nitrogens with zero attached hydrogens (tertiary/aromatic N) is 1. The van der Waals surface area contributed by atoms with Gasteiger partial charge in [0.05, 0.1) is 19.1 Å². The van der Waals surface area contributed by atoms with E-state index in [1.165, 1.54) is 12.1 Å². The zero-order valence-electron chi connectivity index (χ0n) is 17.0. The lowest BCUT2D eigenvalue weighted by Crippen LogP contribution is -2.46. The summed E-state index contributed by atoms with van der Waals surface area (Å²) in [5.74, 6) is 0.150. The van der Waals surface area contributed by atoms with Gasteiger partial charge >= 0.3 is 0 Å². The Morgan fingerprint density at radius 2 is 1.86 bits per heavy atom. The topological polar surface area (TPSA) is 58.6 Å². The van der Waals surface area contributed by atoms with Crippen molar-refractivity contribution in [2.24, 2.45) is 5.92 Å². The monoisotopic (exact) mass is 398 g/mol. The largest absolute Gasteiger partial charge is 0.497 e. The first-order valence-corrected chi connectivity index (χ1v) is 9.83. The molecule has 0 saturated carbocycles. The first-order valence-electron chi connectivity index (χ1n) is 9.83. The molecule has 3 rings (SSSR count). The van der Waals surface area contributed by atoms with E-state index in [9.17, 15) is 14.0 Å². The zero-order chi connectivity index (χ0) is 21.0. The molecule has 3 atom stereocenters. The van der Waals surface area contributed by atoms with E-state index in [0.29, 0.717) is 19.4 Å². The number of piperidine rings is 1. The molecule has 1 aliphatic heterocycles. The third kappa shape index (κ3) is 4.75. The number of hydrogen-bond donors (Lipinski definition) is 1. The molecule has 3 unspecified atom stereocenters. The predicted octanol–water partition coefficient (Wildman–Crippen LogP) is 3.66. The molecule has 5 nitrogen and oxygen atoms in total. The Morgan fingerprint density at radius 3 is 2.48 bits per heavy atom. The van der Waals surface area contributed by atoms with Crippen LogP contribution in [0.1, 0.15) is 42.9 Å². The van der Waals surface area contributed by atoms with Crippen LogP contribution in [-0.2, 0) is 9.59 Å². The SMILES string of the molecule is COc1ccc(C2C(C(=O)NCC(C)c3ccc(F)cc3)CCC(=O)N2C)cc1. The van der Waals surface area contributed by atoms with Crippen molar-refractivity contribution in [3.8, 4) is 5.75 Å². The van der Waals surface area contributed by atoms with Crippen LogP contribution < -0.4 is 10.1 Å². The third-order valence-electron chi connectivity index (χ3n) is 5.68. The number of nitrogens with one attached hydrogen (secondary N) is 1. The Kier molecular flexibility index (Phi) is 6.52. The quantitative estimate of drug-likeness (QED) is 0.808. The van der Waals surface area contributed by atoms with Crippen LogP contribution in [0.3, 0.4) is 0 Å². The van der Waals surface area contributed by atoms with Gasteiger partial charge in [-0.3, -0.25) is 9.59 Å². The van der Waals surface area contributed by atoms with Crippen LogP contribution in [0.4, 0.5) is 4.39 Å². The summed E-state index contributed by atoms with van der Waals surface area (Å²) >= 11 is 0. The standard InChI is InChI=1S/C23H27FN2O3/c1-15(16-4-8-18(24)9-5-16)14-25-23(28)20-12-13-21(27)26(2)22(20)17-6-10-19(29-3)11-7-17/h4-11,15,20,22H,12-14H2,1-3H3,(H,25,28). The Hall–Kier alpha value is -2.89. The van der Waals surface area contributed by atoms with Crippen molar-refractivity contribution in [1.29, 1.82) is 0 Å².